The fourth-order valence-electron chi connectivity index (χ4n) is 5.50. The average molecular weight is 627 g/mol. The topological polar surface area (TPSA) is 194 Å². The van der Waals surface area contributed by atoms with Gasteiger partial charge in [0.05, 0.1) is 17.6 Å². The average Bonchev–Trinajstić information content (AvgIpc) is 3.74. The molecule has 1 aromatic carbocycles. The fourth-order valence-corrected chi connectivity index (χ4v) is 6.54. The minimum Gasteiger partial charge on any atom is -0.382 e. The molecule has 1 atom stereocenters. The van der Waals surface area contributed by atoms with Crippen LogP contribution >= 0.6 is 0 Å². The van der Waals surface area contributed by atoms with Crippen molar-refractivity contribution in [3.63, 3.8) is 0 Å². The Kier molecular flexibility index (Phi) is 7.62. The first-order chi connectivity index (χ1) is 21.5. The van der Waals surface area contributed by atoms with Gasteiger partial charge in [-0.15, -0.1) is 10.2 Å². The van der Waals surface area contributed by atoms with Crippen molar-refractivity contribution in [1.82, 2.24) is 39.7 Å². The highest BCUT2D eigenvalue weighted by Gasteiger charge is 2.32. The molecule has 15 heteroatoms. The van der Waals surface area contributed by atoms with Crippen LogP contribution in [0.25, 0.3) is 28.0 Å². The van der Waals surface area contributed by atoms with Gasteiger partial charge in [0, 0.05) is 48.3 Å². The SMILES string of the molecule is CC(=O)Nc1nnc(C(=O)N2C=C(C)C[C@@H]2CCc2nc3c(-c4ccc(-c5ccccc5)nc4)cnn3c(N)c2S(C)(=O)=O)[nH]1. The maximum atomic E-state index is 13.3. The molecular formula is C30H30N10O4S. The first-order valence-corrected chi connectivity index (χ1v) is 16.0. The molecule has 0 spiro atoms. The van der Waals surface area contributed by atoms with E-state index in [-0.39, 0.29) is 46.5 Å². The van der Waals surface area contributed by atoms with Crippen molar-refractivity contribution in [3.05, 3.63) is 78.1 Å². The largest absolute Gasteiger partial charge is 0.382 e. The van der Waals surface area contributed by atoms with Gasteiger partial charge in [-0.05, 0) is 32.3 Å². The fraction of sp³-hybridized carbons (Fsp3) is 0.233. The molecule has 4 N–H and O–H groups in total. The van der Waals surface area contributed by atoms with Crippen molar-refractivity contribution in [3.8, 4) is 22.4 Å². The molecule has 1 aliphatic heterocycles. The molecule has 0 saturated heterocycles. The normalized spacial score (nSPS) is 15.0. The number of fused-ring (bicyclic) bond motifs is 1. The Labute approximate surface area is 258 Å². The molecule has 4 aromatic heterocycles. The Morgan fingerprint density at radius 2 is 1.87 bits per heavy atom. The van der Waals surface area contributed by atoms with Crippen LogP contribution in [0.2, 0.25) is 0 Å². The van der Waals surface area contributed by atoms with Crippen LogP contribution in [0.15, 0.2) is 71.5 Å². The maximum Gasteiger partial charge on any atom is 0.295 e. The van der Waals surface area contributed by atoms with Gasteiger partial charge >= 0.3 is 0 Å². The van der Waals surface area contributed by atoms with E-state index >= 15 is 0 Å². The molecule has 14 nitrogen and oxygen atoms in total. The molecule has 0 unspecified atom stereocenters. The summed E-state index contributed by atoms with van der Waals surface area (Å²) in [5.41, 5.74) is 11.2. The van der Waals surface area contributed by atoms with E-state index < -0.39 is 15.7 Å². The highest BCUT2D eigenvalue weighted by atomic mass is 32.2. The zero-order chi connectivity index (χ0) is 31.9. The van der Waals surface area contributed by atoms with Crippen LogP contribution in [-0.4, -0.2) is 72.2 Å². The number of pyridine rings is 1. The van der Waals surface area contributed by atoms with Crippen LogP contribution in [0.3, 0.4) is 0 Å². The molecule has 5 aromatic rings. The van der Waals surface area contributed by atoms with Crippen LogP contribution in [-0.2, 0) is 21.1 Å². The van der Waals surface area contributed by atoms with Crippen molar-refractivity contribution in [2.24, 2.45) is 0 Å². The van der Waals surface area contributed by atoms with E-state index in [0.29, 0.717) is 24.1 Å². The number of hydrogen-bond acceptors (Lipinski definition) is 10. The van der Waals surface area contributed by atoms with Crippen molar-refractivity contribution < 1.29 is 18.0 Å². The van der Waals surface area contributed by atoms with Crippen LogP contribution in [0.5, 0.6) is 0 Å². The van der Waals surface area contributed by atoms with E-state index in [1.54, 1.807) is 23.5 Å². The molecule has 0 bridgehead atoms. The number of hydrogen-bond donors (Lipinski definition) is 3. The molecule has 230 valence electrons. The van der Waals surface area contributed by atoms with Gasteiger partial charge in [-0.1, -0.05) is 42.0 Å². The van der Waals surface area contributed by atoms with Gasteiger partial charge in [-0.2, -0.15) is 9.61 Å². The highest BCUT2D eigenvalue weighted by Crippen LogP contribution is 2.32. The summed E-state index contributed by atoms with van der Waals surface area (Å²) in [7, 11) is -3.80. The van der Waals surface area contributed by atoms with Gasteiger partial charge in [-0.25, -0.2) is 13.4 Å². The lowest BCUT2D eigenvalue weighted by molar-refractivity contribution is -0.114. The second-order valence-electron chi connectivity index (χ2n) is 10.9. The number of nitrogen functional groups attached to an aromatic ring is 1. The number of nitrogens with zero attached hydrogens (tertiary/aromatic N) is 7. The minimum absolute atomic E-state index is 0.0360. The monoisotopic (exact) mass is 626 g/mol. The first kappa shape index (κ1) is 29.6. The first-order valence-electron chi connectivity index (χ1n) is 14.1. The van der Waals surface area contributed by atoms with E-state index in [0.717, 1.165) is 28.6 Å². The van der Waals surface area contributed by atoms with E-state index in [4.69, 9.17) is 10.7 Å². The zero-order valence-corrected chi connectivity index (χ0v) is 25.5. The third-order valence-corrected chi connectivity index (χ3v) is 8.65. The van der Waals surface area contributed by atoms with Crippen LogP contribution in [0.4, 0.5) is 11.8 Å². The predicted molar refractivity (Wildman–Crippen MR) is 167 cm³/mol. The Hall–Kier alpha value is -5.44. The number of aromatic amines is 1. The molecule has 0 aliphatic carbocycles. The number of anilines is 2. The maximum absolute atomic E-state index is 13.3. The van der Waals surface area contributed by atoms with Gasteiger partial charge in [0.25, 0.3) is 5.91 Å². The number of nitrogens with two attached hydrogens (primary N) is 1. The summed E-state index contributed by atoms with van der Waals surface area (Å²) in [6.07, 6.45) is 7.29. The molecule has 0 radical (unpaired) electrons. The van der Waals surface area contributed by atoms with Gasteiger partial charge in [0.2, 0.25) is 17.7 Å². The van der Waals surface area contributed by atoms with Crippen LogP contribution in [0, 0.1) is 0 Å². The summed E-state index contributed by atoms with van der Waals surface area (Å²) >= 11 is 0. The molecular weight excluding hydrogens is 596 g/mol. The number of carbonyl (C=O) groups excluding carboxylic acids is 2. The molecule has 1 aliphatic rings. The lowest BCUT2D eigenvalue weighted by Gasteiger charge is -2.23. The summed E-state index contributed by atoms with van der Waals surface area (Å²) in [6.45, 7) is 3.23. The van der Waals surface area contributed by atoms with Gasteiger partial charge in [0.15, 0.2) is 15.5 Å². The number of carbonyl (C=O) groups is 2. The molecule has 0 saturated carbocycles. The van der Waals surface area contributed by atoms with E-state index in [1.807, 2.05) is 49.4 Å². The Balaban J connectivity index is 1.31. The van der Waals surface area contributed by atoms with Crippen molar-refractivity contribution >= 4 is 39.1 Å². The van der Waals surface area contributed by atoms with Crippen molar-refractivity contribution in [2.45, 2.75) is 44.0 Å². The number of rotatable bonds is 8. The lowest BCUT2D eigenvalue weighted by atomic mass is 10.0. The van der Waals surface area contributed by atoms with E-state index in [1.165, 1.54) is 11.4 Å². The molecule has 2 amide bonds. The summed E-state index contributed by atoms with van der Waals surface area (Å²) in [5.74, 6) is -0.803. The smallest absolute Gasteiger partial charge is 0.295 e. The molecule has 45 heavy (non-hydrogen) atoms. The van der Waals surface area contributed by atoms with Gasteiger partial charge < -0.3 is 15.6 Å². The van der Waals surface area contributed by atoms with E-state index in [9.17, 15) is 18.0 Å². The Bertz CT molecular complexity index is 2070. The number of H-pyrrole nitrogens is 1. The second kappa shape index (κ2) is 11.6. The quantitative estimate of drug-likeness (QED) is 0.230. The molecule has 6 rings (SSSR count). The summed E-state index contributed by atoms with van der Waals surface area (Å²) in [4.78, 5) is 38.2. The third-order valence-electron chi connectivity index (χ3n) is 7.47. The number of amides is 2. The highest BCUT2D eigenvalue weighted by molar-refractivity contribution is 7.91. The standard InChI is InChI=1S/C30H30N10O4S/c1-17-13-21(39(16-17)29(42)27-36-30(38-37-27)34-18(2)41)10-12-24-25(45(3,43)44)26(31)40-28(35-24)22(15-33-40)20-9-11-23(32-14-20)19-7-5-4-6-8-19/h4-9,11,14-16,21H,10,12-13,31H2,1-3H3,(H2,34,36,37,38,41)/t21-/m0/s1. The van der Waals surface area contributed by atoms with Crippen molar-refractivity contribution in [1.29, 1.82) is 0 Å². The number of nitrogens with one attached hydrogen (secondary N) is 2. The predicted octanol–water partition coefficient (Wildman–Crippen LogP) is 3.27. The summed E-state index contributed by atoms with van der Waals surface area (Å²) in [6, 6.07) is 13.3. The van der Waals surface area contributed by atoms with Crippen LogP contribution in [0.1, 0.15) is 43.0 Å². The Morgan fingerprint density at radius 3 is 2.56 bits per heavy atom. The number of benzene rings is 1. The molecule has 0 fully saturated rings. The second-order valence-corrected chi connectivity index (χ2v) is 12.9. The zero-order valence-electron chi connectivity index (χ0n) is 24.7. The summed E-state index contributed by atoms with van der Waals surface area (Å²) < 4.78 is 27.2. The Morgan fingerprint density at radius 1 is 1.09 bits per heavy atom. The number of aromatic nitrogens is 7. The third kappa shape index (κ3) is 5.89. The van der Waals surface area contributed by atoms with E-state index in [2.05, 4.69) is 30.6 Å². The van der Waals surface area contributed by atoms with Crippen molar-refractivity contribution in [2.75, 3.05) is 17.3 Å². The minimum atomic E-state index is -3.80. The van der Waals surface area contributed by atoms with Gasteiger partial charge in [0.1, 0.15) is 10.7 Å². The lowest BCUT2D eigenvalue weighted by Crippen LogP contribution is -2.34. The number of sulfone groups is 1. The molecule has 5 heterocycles. The van der Waals surface area contributed by atoms with Crippen LogP contribution < -0.4 is 11.1 Å². The summed E-state index contributed by atoms with van der Waals surface area (Å²) in [5, 5.41) is 14.5. The van der Waals surface area contributed by atoms with Gasteiger partial charge in [-0.3, -0.25) is 19.9 Å². The number of aryl methyl sites for hydroxylation is 1.